The highest BCUT2D eigenvalue weighted by Gasteiger charge is 2.28. The van der Waals surface area contributed by atoms with Gasteiger partial charge in [0.15, 0.2) is 5.84 Å². The number of oxime groups is 1. The molecule has 1 heterocycles. The molecule has 0 radical (unpaired) electrons. The van der Waals surface area contributed by atoms with Crippen LogP contribution in [0.3, 0.4) is 0 Å². The molecule has 5 nitrogen and oxygen atoms in total. The first-order valence-electron chi connectivity index (χ1n) is 6.98. The molecule has 1 aromatic rings. The van der Waals surface area contributed by atoms with E-state index in [2.05, 4.69) is 10.5 Å². The van der Waals surface area contributed by atoms with Crippen LogP contribution in [-0.2, 0) is 11.2 Å². The number of amides is 1. The lowest BCUT2D eigenvalue weighted by molar-refractivity contribution is -0.121. The smallest absolute Gasteiger partial charge is 0.225 e. The van der Waals surface area contributed by atoms with Crippen molar-refractivity contribution in [1.29, 1.82) is 0 Å². The van der Waals surface area contributed by atoms with Gasteiger partial charge in [-0.25, -0.2) is 0 Å². The molecule has 20 heavy (non-hydrogen) atoms. The van der Waals surface area contributed by atoms with Gasteiger partial charge in [-0.2, -0.15) is 11.3 Å². The van der Waals surface area contributed by atoms with Crippen LogP contribution in [0.2, 0.25) is 0 Å². The van der Waals surface area contributed by atoms with E-state index < -0.39 is 0 Å². The topological polar surface area (TPSA) is 87.7 Å². The second-order valence-electron chi connectivity index (χ2n) is 5.28. The van der Waals surface area contributed by atoms with Crippen LogP contribution in [0.1, 0.15) is 37.7 Å². The number of nitrogens with zero attached hydrogens (tertiary/aromatic N) is 1. The summed E-state index contributed by atoms with van der Waals surface area (Å²) in [5.74, 6) is 0.298. The maximum Gasteiger partial charge on any atom is 0.225 e. The molecule has 0 aliphatic heterocycles. The fourth-order valence-electron chi connectivity index (χ4n) is 2.77. The van der Waals surface area contributed by atoms with Crippen LogP contribution >= 0.6 is 11.3 Å². The Kier molecular flexibility index (Phi) is 5.40. The summed E-state index contributed by atoms with van der Waals surface area (Å²) in [6.07, 6.45) is 5.87. The van der Waals surface area contributed by atoms with Gasteiger partial charge < -0.3 is 16.3 Å². The van der Waals surface area contributed by atoms with Gasteiger partial charge in [-0.15, -0.1) is 0 Å². The molecule has 0 saturated heterocycles. The third-order valence-corrected chi connectivity index (χ3v) is 4.55. The summed E-state index contributed by atoms with van der Waals surface area (Å²) >= 11 is 1.57. The first kappa shape index (κ1) is 14.8. The van der Waals surface area contributed by atoms with Gasteiger partial charge in [0.05, 0.1) is 12.5 Å². The fourth-order valence-corrected chi connectivity index (χ4v) is 3.43. The van der Waals surface area contributed by atoms with Gasteiger partial charge in [0.1, 0.15) is 0 Å². The Balaban J connectivity index is 1.98. The lowest BCUT2D eigenvalue weighted by Crippen LogP contribution is -2.50. The molecule has 110 valence electrons. The minimum absolute atomic E-state index is 0.0782. The molecule has 1 saturated carbocycles. The van der Waals surface area contributed by atoms with Crippen molar-refractivity contribution < 1.29 is 10.0 Å². The molecule has 1 aromatic heterocycles. The normalized spacial score (nSPS) is 18.7. The average Bonchev–Trinajstić information content (AvgIpc) is 2.97. The quantitative estimate of drug-likeness (QED) is 0.336. The standard InChI is InChI=1S/C14H21N3O2S/c15-14(17-19)13(11-4-2-1-3-5-11)16-12(18)8-10-6-7-20-9-10/h6-7,9,11,13,19H,1-5,8H2,(H2,15,17)(H,16,18). The number of carbonyl (C=O) groups excluding carboxylic acids is 1. The van der Waals surface area contributed by atoms with Gasteiger partial charge in [-0.1, -0.05) is 24.4 Å². The number of nitrogens with one attached hydrogen (secondary N) is 1. The van der Waals surface area contributed by atoms with Gasteiger partial charge >= 0.3 is 0 Å². The van der Waals surface area contributed by atoms with Crippen molar-refractivity contribution in [3.8, 4) is 0 Å². The van der Waals surface area contributed by atoms with Crippen molar-refractivity contribution in [2.45, 2.75) is 44.6 Å². The van der Waals surface area contributed by atoms with E-state index in [9.17, 15) is 4.79 Å². The van der Waals surface area contributed by atoms with E-state index >= 15 is 0 Å². The Bertz CT molecular complexity index is 453. The minimum atomic E-state index is -0.355. The molecule has 6 heteroatoms. The Hall–Kier alpha value is -1.56. The van der Waals surface area contributed by atoms with Crippen LogP contribution < -0.4 is 11.1 Å². The summed E-state index contributed by atoms with van der Waals surface area (Å²) in [6.45, 7) is 0. The van der Waals surface area contributed by atoms with Crippen LogP contribution in [0.15, 0.2) is 22.0 Å². The lowest BCUT2D eigenvalue weighted by atomic mass is 9.83. The third-order valence-electron chi connectivity index (χ3n) is 3.82. The van der Waals surface area contributed by atoms with E-state index in [-0.39, 0.29) is 23.7 Å². The Morgan fingerprint density at radius 2 is 2.25 bits per heavy atom. The van der Waals surface area contributed by atoms with Crippen LogP contribution in [0.4, 0.5) is 0 Å². The van der Waals surface area contributed by atoms with Gasteiger partial charge in [-0.05, 0) is 41.1 Å². The van der Waals surface area contributed by atoms with Gasteiger partial charge in [0.2, 0.25) is 5.91 Å². The van der Waals surface area contributed by atoms with Crippen LogP contribution in [-0.4, -0.2) is 23.0 Å². The SMILES string of the molecule is N/C(=N/O)C(NC(=O)Cc1ccsc1)C1CCCCC1. The second kappa shape index (κ2) is 7.28. The number of rotatable bonds is 5. The van der Waals surface area contributed by atoms with E-state index in [1.807, 2.05) is 16.8 Å². The summed E-state index contributed by atoms with van der Waals surface area (Å²) < 4.78 is 0. The number of hydrogen-bond donors (Lipinski definition) is 3. The molecule has 2 rings (SSSR count). The number of nitrogens with two attached hydrogens (primary N) is 1. The zero-order valence-electron chi connectivity index (χ0n) is 11.4. The molecule has 0 aromatic carbocycles. The van der Waals surface area contributed by atoms with E-state index in [4.69, 9.17) is 10.9 Å². The van der Waals surface area contributed by atoms with Gasteiger partial charge in [-0.3, -0.25) is 4.79 Å². The van der Waals surface area contributed by atoms with Crippen molar-refractivity contribution in [3.63, 3.8) is 0 Å². The predicted molar refractivity (Wildman–Crippen MR) is 79.9 cm³/mol. The molecular weight excluding hydrogens is 274 g/mol. The van der Waals surface area contributed by atoms with Crippen molar-refractivity contribution in [3.05, 3.63) is 22.4 Å². The molecule has 4 N–H and O–H groups in total. The van der Waals surface area contributed by atoms with Crippen molar-refractivity contribution in [1.82, 2.24) is 5.32 Å². The summed E-state index contributed by atoms with van der Waals surface area (Å²) in [5.41, 5.74) is 6.75. The van der Waals surface area contributed by atoms with Gasteiger partial charge in [0, 0.05) is 0 Å². The average molecular weight is 295 g/mol. The summed E-state index contributed by atoms with van der Waals surface area (Å²) in [6, 6.07) is 1.58. The summed E-state index contributed by atoms with van der Waals surface area (Å²) in [7, 11) is 0. The lowest BCUT2D eigenvalue weighted by Gasteiger charge is -2.30. The van der Waals surface area contributed by atoms with E-state index in [0.717, 1.165) is 31.2 Å². The molecule has 1 aliphatic carbocycles. The molecule has 1 amide bonds. The number of carbonyl (C=O) groups is 1. The minimum Gasteiger partial charge on any atom is -0.409 e. The highest BCUT2D eigenvalue weighted by Crippen LogP contribution is 2.26. The Morgan fingerprint density at radius 3 is 2.85 bits per heavy atom. The first-order valence-corrected chi connectivity index (χ1v) is 7.93. The van der Waals surface area contributed by atoms with Crippen molar-refractivity contribution >= 4 is 23.1 Å². The molecule has 1 atom stereocenters. The van der Waals surface area contributed by atoms with Crippen molar-refractivity contribution in [2.75, 3.05) is 0 Å². The van der Waals surface area contributed by atoms with Crippen LogP contribution in [0.5, 0.6) is 0 Å². The molecule has 1 aliphatic rings. The van der Waals surface area contributed by atoms with Crippen molar-refractivity contribution in [2.24, 2.45) is 16.8 Å². The van der Waals surface area contributed by atoms with Crippen LogP contribution in [0, 0.1) is 5.92 Å². The monoisotopic (exact) mass is 295 g/mol. The third kappa shape index (κ3) is 3.96. The number of thiophene rings is 1. The number of amidine groups is 1. The van der Waals surface area contributed by atoms with E-state index in [1.165, 1.54) is 6.42 Å². The Morgan fingerprint density at radius 1 is 1.50 bits per heavy atom. The highest BCUT2D eigenvalue weighted by molar-refractivity contribution is 7.07. The molecule has 0 spiro atoms. The highest BCUT2D eigenvalue weighted by atomic mass is 32.1. The first-order chi connectivity index (χ1) is 9.70. The van der Waals surface area contributed by atoms with E-state index in [1.54, 1.807) is 11.3 Å². The molecule has 0 bridgehead atoms. The van der Waals surface area contributed by atoms with Crippen LogP contribution in [0.25, 0.3) is 0 Å². The summed E-state index contributed by atoms with van der Waals surface area (Å²) in [4.78, 5) is 12.1. The van der Waals surface area contributed by atoms with E-state index in [0.29, 0.717) is 6.42 Å². The molecule has 1 fully saturated rings. The largest absolute Gasteiger partial charge is 0.409 e. The maximum absolute atomic E-state index is 12.1. The number of hydrogen-bond acceptors (Lipinski definition) is 4. The second-order valence-corrected chi connectivity index (χ2v) is 6.06. The fraction of sp³-hybridized carbons (Fsp3) is 0.571. The summed E-state index contributed by atoms with van der Waals surface area (Å²) in [5, 5.41) is 18.8. The Labute approximate surface area is 122 Å². The predicted octanol–water partition coefficient (Wildman–Crippen LogP) is 2.10. The molecular formula is C14H21N3O2S. The molecule has 1 unspecified atom stereocenters. The zero-order chi connectivity index (χ0) is 14.4. The van der Waals surface area contributed by atoms with Gasteiger partial charge in [0.25, 0.3) is 0 Å². The zero-order valence-corrected chi connectivity index (χ0v) is 12.2. The maximum atomic E-state index is 12.1.